The van der Waals surface area contributed by atoms with Crippen LogP contribution in [0.25, 0.3) is 0 Å². The summed E-state index contributed by atoms with van der Waals surface area (Å²) < 4.78 is 44.2. The fourth-order valence-electron chi connectivity index (χ4n) is 2.39. The van der Waals surface area contributed by atoms with Gasteiger partial charge in [0, 0.05) is 13.1 Å². The van der Waals surface area contributed by atoms with Crippen molar-refractivity contribution in [2.75, 3.05) is 20.2 Å². The van der Waals surface area contributed by atoms with Crippen LogP contribution in [0.4, 0.5) is 4.39 Å². The molecule has 1 aliphatic heterocycles. The van der Waals surface area contributed by atoms with Crippen molar-refractivity contribution in [3.63, 3.8) is 0 Å². The summed E-state index contributed by atoms with van der Waals surface area (Å²) in [5.41, 5.74) is -1.42. The summed E-state index contributed by atoms with van der Waals surface area (Å²) >= 11 is 0. The molecule has 2 rings (SSSR count). The van der Waals surface area contributed by atoms with Gasteiger partial charge in [-0.3, -0.25) is 4.79 Å². The van der Waals surface area contributed by atoms with Gasteiger partial charge in [0.25, 0.3) is 0 Å². The maximum atomic E-state index is 13.6. The Morgan fingerprint density at radius 3 is 2.52 bits per heavy atom. The number of nitrogens with zero attached hydrogens (tertiary/aromatic N) is 1. The minimum Gasteiger partial charge on any atom is -0.481 e. The lowest BCUT2D eigenvalue weighted by molar-refractivity contribution is -0.146. The van der Waals surface area contributed by atoms with Crippen LogP contribution in [-0.2, 0) is 19.6 Å². The largest absolute Gasteiger partial charge is 0.481 e. The Labute approximate surface area is 132 Å². The van der Waals surface area contributed by atoms with E-state index in [0.717, 1.165) is 29.6 Å². The Balaban J connectivity index is 2.40. The van der Waals surface area contributed by atoms with Crippen LogP contribution in [0.2, 0.25) is 0 Å². The molecule has 1 saturated heterocycles. The predicted molar refractivity (Wildman–Crippen MR) is 76.9 cm³/mol. The third-order valence-electron chi connectivity index (χ3n) is 3.88. The molecule has 0 amide bonds. The highest BCUT2D eigenvalue weighted by molar-refractivity contribution is 7.89. The number of aliphatic carboxylic acids is 1. The van der Waals surface area contributed by atoms with Gasteiger partial charge in [-0.25, -0.2) is 17.6 Å². The van der Waals surface area contributed by atoms with Crippen molar-refractivity contribution < 1.29 is 32.2 Å². The van der Waals surface area contributed by atoms with Crippen molar-refractivity contribution in [3.8, 4) is 0 Å². The van der Waals surface area contributed by atoms with Crippen molar-refractivity contribution >= 4 is 22.0 Å². The van der Waals surface area contributed by atoms with E-state index in [2.05, 4.69) is 4.74 Å². The molecule has 1 aromatic carbocycles. The highest BCUT2D eigenvalue weighted by atomic mass is 32.2. The van der Waals surface area contributed by atoms with Crippen LogP contribution in [-0.4, -0.2) is 50.0 Å². The van der Waals surface area contributed by atoms with Crippen LogP contribution in [0.3, 0.4) is 0 Å². The molecule has 126 valence electrons. The second-order valence-electron chi connectivity index (χ2n) is 5.62. The Hall–Kier alpha value is -2.00. The number of carbonyl (C=O) groups excluding carboxylic acids is 1. The quantitative estimate of drug-likeness (QED) is 0.820. The van der Waals surface area contributed by atoms with E-state index in [1.54, 1.807) is 0 Å². The molecule has 1 aromatic rings. The third kappa shape index (κ3) is 3.20. The number of carbonyl (C=O) groups is 2. The van der Waals surface area contributed by atoms with Crippen LogP contribution in [0.15, 0.2) is 23.1 Å². The van der Waals surface area contributed by atoms with Gasteiger partial charge < -0.3 is 9.84 Å². The molecule has 1 aliphatic rings. The number of hydrogen-bond acceptors (Lipinski definition) is 5. The number of sulfonamides is 1. The average molecular weight is 345 g/mol. The molecular weight excluding hydrogens is 329 g/mol. The maximum Gasteiger partial charge on any atom is 0.337 e. The number of ether oxygens (including phenoxy) is 1. The van der Waals surface area contributed by atoms with E-state index in [1.807, 2.05) is 0 Å². The molecule has 0 radical (unpaired) electrons. The lowest BCUT2D eigenvalue weighted by Crippen LogP contribution is -2.35. The van der Waals surface area contributed by atoms with Crippen molar-refractivity contribution in [3.05, 3.63) is 29.6 Å². The SMILES string of the molecule is COC(=O)c1cc(F)cc(S(=O)(=O)N2CCC(C)(C(=O)O)C2)c1. The van der Waals surface area contributed by atoms with Crippen LogP contribution >= 0.6 is 0 Å². The van der Waals surface area contributed by atoms with Crippen LogP contribution in [0.5, 0.6) is 0 Å². The van der Waals surface area contributed by atoms with Crippen molar-refractivity contribution in [1.82, 2.24) is 4.31 Å². The number of carboxylic acids is 1. The molecule has 7 nitrogen and oxygen atoms in total. The molecule has 0 aliphatic carbocycles. The first kappa shape index (κ1) is 17.4. The van der Waals surface area contributed by atoms with Crippen molar-refractivity contribution in [1.29, 1.82) is 0 Å². The normalized spacial score (nSPS) is 22.0. The number of benzene rings is 1. The van der Waals surface area contributed by atoms with Gasteiger partial charge in [0.15, 0.2) is 0 Å². The first-order valence-corrected chi connectivity index (χ1v) is 8.16. The predicted octanol–water partition coefficient (Wildman–Crippen LogP) is 1.10. The fraction of sp³-hybridized carbons (Fsp3) is 0.429. The minimum atomic E-state index is -4.11. The Kier molecular flexibility index (Phi) is 4.45. The summed E-state index contributed by atoms with van der Waals surface area (Å²) in [7, 11) is -3.01. The van der Waals surface area contributed by atoms with Gasteiger partial charge >= 0.3 is 11.9 Å². The number of halogens is 1. The van der Waals surface area contributed by atoms with Gasteiger partial charge in [-0.2, -0.15) is 4.31 Å². The van der Waals surface area contributed by atoms with E-state index in [4.69, 9.17) is 0 Å². The number of esters is 1. The van der Waals surface area contributed by atoms with E-state index in [9.17, 15) is 27.5 Å². The summed E-state index contributed by atoms with van der Waals surface area (Å²) in [5.74, 6) is -2.85. The summed E-state index contributed by atoms with van der Waals surface area (Å²) in [4.78, 5) is 22.3. The van der Waals surface area contributed by atoms with Crippen LogP contribution in [0, 0.1) is 11.2 Å². The second kappa shape index (κ2) is 5.89. The molecule has 0 aromatic heterocycles. The summed E-state index contributed by atoms with van der Waals surface area (Å²) in [6.07, 6.45) is 0.154. The standard InChI is InChI=1S/C14H16FNO6S/c1-14(13(18)19)3-4-16(8-14)23(20,21)11-6-9(12(17)22-2)5-10(15)7-11/h5-7H,3-4,8H2,1-2H3,(H,18,19). The lowest BCUT2D eigenvalue weighted by Gasteiger charge is -2.20. The van der Waals surface area contributed by atoms with E-state index < -0.39 is 38.1 Å². The molecule has 0 bridgehead atoms. The maximum absolute atomic E-state index is 13.6. The van der Waals surface area contributed by atoms with Gasteiger partial charge in [0.2, 0.25) is 10.0 Å². The Morgan fingerprint density at radius 2 is 2.00 bits per heavy atom. The Bertz CT molecular complexity index is 763. The number of hydrogen-bond donors (Lipinski definition) is 1. The van der Waals surface area contributed by atoms with Gasteiger partial charge in [-0.15, -0.1) is 0 Å². The van der Waals surface area contributed by atoms with Gasteiger partial charge in [0.1, 0.15) is 5.82 Å². The highest BCUT2D eigenvalue weighted by Crippen LogP contribution is 2.34. The fourth-order valence-corrected chi connectivity index (χ4v) is 4.02. The number of rotatable bonds is 4. The Morgan fingerprint density at radius 1 is 1.35 bits per heavy atom. The third-order valence-corrected chi connectivity index (χ3v) is 5.71. The molecule has 1 N–H and O–H groups in total. The van der Waals surface area contributed by atoms with E-state index in [0.29, 0.717) is 0 Å². The van der Waals surface area contributed by atoms with Crippen molar-refractivity contribution in [2.45, 2.75) is 18.2 Å². The zero-order valence-electron chi connectivity index (χ0n) is 12.6. The summed E-state index contributed by atoms with van der Waals surface area (Å²) in [6, 6.07) is 2.68. The first-order chi connectivity index (χ1) is 10.6. The first-order valence-electron chi connectivity index (χ1n) is 6.72. The van der Waals surface area contributed by atoms with E-state index in [1.165, 1.54) is 6.92 Å². The van der Waals surface area contributed by atoms with E-state index >= 15 is 0 Å². The molecule has 0 saturated carbocycles. The molecular formula is C14H16FNO6S. The number of methoxy groups -OCH3 is 1. The number of carboxylic acid groups (broad SMARTS) is 1. The van der Waals surface area contributed by atoms with Crippen LogP contribution < -0.4 is 0 Å². The molecule has 9 heteroatoms. The summed E-state index contributed by atoms with van der Waals surface area (Å²) in [5, 5.41) is 9.18. The monoisotopic (exact) mass is 345 g/mol. The van der Waals surface area contributed by atoms with Gasteiger partial charge in [-0.05, 0) is 31.5 Å². The minimum absolute atomic E-state index is 0.00913. The topological polar surface area (TPSA) is 101 Å². The lowest BCUT2D eigenvalue weighted by atomic mass is 9.90. The summed E-state index contributed by atoms with van der Waals surface area (Å²) in [6.45, 7) is 1.25. The van der Waals surface area contributed by atoms with Crippen molar-refractivity contribution in [2.24, 2.45) is 5.41 Å². The average Bonchev–Trinajstić information content (AvgIpc) is 2.90. The molecule has 1 atom stereocenters. The van der Waals surface area contributed by atoms with E-state index in [-0.39, 0.29) is 25.1 Å². The highest BCUT2D eigenvalue weighted by Gasteiger charge is 2.45. The second-order valence-corrected chi connectivity index (χ2v) is 7.56. The van der Waals surface area contributed by atoms with Gasteiger partial charge in [-0.1, -0.05) is 0 Å². The molecule has 1 fully saturated rings. The molecule has 1 unspecified atom stereocenters. The van der Waals surface area contributed by atoms with Crippen LogP contribution in [0.1, 0.15) is 23.7 Å². The zero-order valence-corrected chi connectivity index (χ0v) is 13.4. The zero-order chi connectivity index (χ0) is 17.4. The molecule has 1 heterocycles. The molecule has 0 spiro atoms. The van der Waals surface area contributed by atoms with Gasteiger partial charge in [0.05, 0.1) is 23.0 Å². The molecule has 23 heavy (non-hydrogen) atoms. The smallest absolute Gasteiger partial charge is 0.337 e.